The van der Waals surface area contributed by atoms with Crippen LogP contribution in [0.25, 0.3) is 0 Å². The van der Waals surface area contributed by atoms with Gasteiger partial charge in [0.1, 0.15) is 17.2 Å². The number of piperazine rings is 1. The summed E-state index contributed by atoms with van der Waals surface area (Å²) >= 11 is 5.99. The molecule has 3 rings (SSSR count). The Morgan fingerprint density at radius 2 is 1.63 bits per heavy atom. The van der Waals surface area contributed by atoms with E-state index in [1.165, 1.54) is 0 Å². The fourth-order valence-electron chi connectivity index (χ4n) is 2.87. The molecule has 0 radical (unpaired) electrons. The molecule has 1 fully saturated rings. The Balaban J connectivity index is 1.52. The second kappa shape index (κ2) is 8.35. The zero-order chi connectivity index (χ0) is 19.4. The average molecular weight is 395 g/mol. The van der Waals surface area contributed by atoms with Crippen molar-refractivity contribution in [2.45, 2.75) is 0 Å². The number of anilines is 1. The molecule has 5 nitrogen and oxygen atoms in total. The topological polar surface area (TPSA) is 49.9 Å². The largest absolute Gasteiger partial charge is 0.452 e. The van der Waals surface area contributed by atoms with Gasteiger partial charge in [-0.1, -0.05) is 23.7 Å². The smallest absolute Gasteiger partial charge is 0.344 e. The van der Waals surface area contributed by atoms with Crippen LogP contribution in [-0.2, 0) is 9.53 Å². The molecule has 1 heterocycles. The number of carbonyl (C=O) groups excluding carboxylic acids is 2. The van der Waals surface area contributed by atoms with Crippen LogP contribution in [0.15, 0.2) is 42.5 Å². The van der Waals surface area contributed by atoms with E-state index in [4.69, 9.17) is 16.3 Å². The minimum absolute atomic E-state index is 0.411. The minimum atomic E-state index is -1.20. The molecule has 0 bridgehead atoms. The lowest BCUT2D eigenvalue weighted by molar-refractivity contribution is -0.134. The van der Waals surface area contributed by atoms with Crippen LogP contribution < -0.4 is 4.90 Å². The van der Waals surface area contributed by atoms with E-state index in [0.29, 0.717) is 31.2 Å². The Morgan fingerprint density at radius 3 is 2.26 bits per heavy atom. The van der Waals surface area contributed by atoms with Crippen LogP contribution in [0.2, 0.25) is 5.02 Å². The standard InChI is InChI=1S/C19H17ClF2N2O3/c20-13-3-1-4-14(11-13)23-7-9-24(10-8-23)17(25)12-27-19(26)18-15(21)5-2-6-16(18)22/h1-6,11H,7-10,12H2. The van der Waals surface area contributed by atoms with Crippen LogP contribution in [0.5, 0.6) is 0 Å². The number of benzene rings is 2. The first-order valence-electron chi connectivity index (χ1n) is 8.35. The molecule has 0 aliphatic carbocycles. The monoisotopic (exact) mass is 394 g/mol. The summed E-state index contributed by atoms with van der Waals surface area (Å²) < 4.78 is 31.9. The molecule has 1 saturated heterocycles. The van der Waals surface area contributed by atoms with Crippen molar-refractivity contribution in [3.8, 4) is 0 Å². The molecular formula is C19H17ClF2N2O3. The van der Waals surface area contributed by atoms with Crippen LogP contribution in [0.4, 0.5) is 14.5 Å². The van der Waals surface area contributed by atoms with Gasteiger partial charge in [0.05, 0.1) is 0 Å². The predicted molar refractivity (Wildman–Crippen MR) is 96.9 cm³/mol. The van der Waals surface area contributed by atoms with Crippen molar-refractivity contribution in [3.05, 3.63) is 64.7 Å². The van der Waals surface area contributed by atoms with E-state index < -0.39 is 35.7 Å². The fourth-order valence-corrected chi connectivity index (χ4v) is 3.05. The summed E-state index contributed by atoms with van der Waals surface area (Å²) in [6.07, 6.45) is 0. The van der Waals surface area contributed by atoms with Gasteiger partial charge >= 0.3 is 5.97 Å². The summed E-state index contributed by atoms with van der Waals surface area (Å²) in [5.41, 5.74) is 0.173. The number of hydrogen-bond acceptors (Lipinski definition) is 4. The van der Waals surface area contributed by atoms with Crippen molar-refractivity contribution in [1.82, 2.24) is 4.90 Å². The third-order valence-corrected chi connectivity index (χ3v) is 4.53. The molecule has 0 aromatic heterocycles. The van der Waals surface area contributed by atoms with Gasteiger partial charge in [-0.25, -0.2) is 13.6 Å². The molecule has 2 aromatic rings. The van der Waals surface area contributed by atoms with Gasteiger partial charge < -0.3 is 14.5 Å². The minimum Gasteiger partial charge on any atom is -0.452 e. The molecule has 0 atom stereocenters. The van der Waals surface area contributed by atoms with Crippen LogP contribution >= 0.6 is 11.6 Å². The van der Waals surface area contributed by atoms with Gasteiger partial charge in [0.2, 0.25) is 0 Å². The summed E-state index contributed by atoms with van der Waals surface area (Å²) in [5.74, 6) is -3.66. The van der Waals surface area contributed by atoms with E-state index in [-0.39, 0.29) is 0 Å². The lowest BCUT2D eigenvalue weighted by atomic mass is 10.2. The second-order valence-electron chi connectivity index (χ2n) is 6.02. The molecule has 142 valence electrons. The van der Waals surface area contributed by atoms with Gasteiger partial charge in [0.25, 0.3) is 5.91 Å². The zero-order valence-electron chi connectivity index (χ0n) is 14.3. The van der Waals surface area contributed by atoms with Gasteiger partial charge in [0, 0.05) is 36.9 Å². The Hall–Kier alpha value is -2.67. The number of amides is 1. The maximum atomic E-state index is 13.6. The summed E-state index contributed by atoms with van der Waals surface area (Å²) in [6, 6.07) is 10.5. The number of ether oxygens (including phenoxy) is 1. The number of rotatable bonds is 4. The highest BCUT2D eigenvalue weighted by Gasteiger charge is 2.24. The highest BCUT2D eigenvalue weighted by Crippen LogP contribution is 2.21. The summed E-state index contributed by atoms with van der Waals surface area (Å²) in [4.78, 5) is 27.7. The Labute approximate surface area is 160 Å². The number of hydrogen-bond donors (Lipinski definition) is 0. The highest BCUT2D eigenvalue weighted by molar-refractivity contribution is 6.30. The molecule has 0 spiro atoms. The fraction of sp³-hybridized carbons (Fsp3) is 0.263. The first-order chi connectivity index (χ1) is 13.0. The molecule has 0 saturated carbocycles. The van der Waals surface area contributed by atoms with Crippen LogP contribution in [0, 0.1) is 11.6 Å². The molecule has 27 heavy (non-hydrogen) atoms. The van der Waals surface area contributed by atoms with Gasteiger partial charge in [-0.05, 0) is 30.3 Å². The number of carbonyl (C=O) groups is 2. The summed E-state index contributed by atoms with van der Waals surface area (Å²) in [6.45, 7) is 1.52. The quantitative estimate of drug-likeness (QED) is 0.748. The maximum Gasteiger partial charge on any atom is 0.344 e. The summed E-state index contributed by atoms with van der Waals surface area (Å²) in [5, 5.41) is 0.637. The lowest BCUT2D eigenvalue weighted by Gasteiger charge is -2.36. The summed E-state index contributed by atoms with van der Waals surface area (Å²) in [7, 11) is 0. The normalized spacial score (nSPS) is 14.2. The van der Waals surface area contributed by atoms with Crippen LogP contribution in [-0.4, -0.2) is 49.6 Å². The van der Waals surface area contributed by atoms with E-state index in [9.17, 15) is 18.4 Å². The predicted octanol–water partition coefficient (Wildman–Crippen LogP) is 3.12. The van der Waals surface area contributed by atoms with E-state index in [1.54, 1.807) is 11.0 Å². The van der Waals surface area contributed by atoms with Crippen molar-refractivity contribution in [1.29, 1.82) is 0 Å². The van der Waals surface area contributed by atoms with E-state index >= 15 is 0 Å². The Kier molecular flexibility index (Phi) is 5.91. The van der Waals surface area contributed by atoms with Crippen molar-refractivity contribution in [3.63, 3.8) is 0 Å². The molecule has 0 unspecified atom stereocenters. The van der Waals surface area contributed by atoms with Crippen molar-refractivity contribution < 1.29 is 23.1 Å². The Bertz CT molecular complexity index is 834. The third-order valence-electron chi connectivity index (χ3n) is 4.30. The average Bonchev–Trinajstić information content (AvgIpc) is 2.66. The number of nitrogens with zero attached hydrogens (tertiary/aromatic N) is 2. The molecule has 8 heteroatoms. The molecule has 0 N–H and O–H groups in total. The number of esters is 1. The van der Waals surface area contributed by atoms with Crippen LogP contribution in [0.3, 0.4) is 0 Å². The van der Waals surface area contributed by atoms with Crippen LogP contribution in [0.1, 0.15) is 10.4 Å². The van der Waals surface area contributed by atoms with Crippen molar-refractivity contribution in [2.24, 2.45) is 0 Å². The highest BCUT2D eigenvalue weighted by atomic mass is 35.5. The van der Waals surface area contributed by atoms with Gasteiger partial charge in [0.15, 0.2) is 6.61 Å². The second-order valence-corrected chi connectivity index (χ2v) is 6.46. The Morgan fingerprint density at radius 1 is 1.00 bits per heavy atom. The molecular weight excluding hydrogens is 378 g/mol. The first-order valence-corrected chi connectivity index (χ1v) is 8.73. The molecule has 1 amide bonds. The lowest BCUT2D eigenvalue weighted by Crippen LogP contribution is -2.49. The van der Waals surface area contributed by atoms with Gasteiger partial charge in [-0.15, -0.1) is 0 Å². The third kappa shape index (κ3) is 4.54. The van der Waals surface area contributed by atoms with Gasteiger partial charge in [-0.3, -0.25) is 4.79 Å². The maximum absolute atomic E-state index is 13.6. The van der Waals surface area contributed by atoms with Crippen molar-refractivity contribution >= 4 is 29.2 Å². The number of halogens is 3. The van der Waals surface area contributed by atoms with Gasteiger partial charge in [-0.2, -0.15) is 0 Å². The van der Waals surface area contributed by atoms with Crippen molar-refractivity contribution in [2.75, 3.05) is 37.7 Å². The molecule has 1 aliphatic heterocycles. The van der Waals surface area contributed by atoms with E-state index in [0.717, 1.165) is 23.9 Å². The SMILES string of the molecule is O=C(OCC(=O)N1CCN(c2cccc(Cl)c2)CC1)c1c(F)cccc1F. The van der Waals surface area contributed by atoms with E-state index in [2.05, 4.69) is 4.90 Å². The molecule has 2 aromatic carbocycles. The van der Waals surface area contributed by atoms with E-state index in [1.807, 2.05) is 18.2 Å². The zero-order valence-corrected chi connectivity index (χ0v) is 15.1. The molecule has 1 aliphatic rings. The first kappa shape index (κ1) is 19.1.